The van der Waals surface area contributed by atoms with E-state index in [-0.39, 0.29) is 22.5 Å². The summed E-state index contributed by atoms with van der Waals surface area (Å²) in [6, 6.07) is 3.54. The van der Waals surface area contributed by atoms with Crippen LogP contribution >= 0.6 is 11.6 Å². The number of aromatic nitrogens is 3. The molecule has 10 heteroatoms. The lowest BCUT2D eigenvalue weighted by Gasteiger charge is -2.10. The van der Waals surface area contributed by atoms with Gasteiger partial charge in [0.1, 0.15) is 23.3 Å². The molecule has 0 bridgehead atoms. The van der Waals surface area contributed by atoms with Crippen molar-refractivity contribution in [3.63, 3.8) is 0 Å². The highest BCUT2D eigenvalue weighted by atomic mass is 35.5. The van der Waals surface area contributed by atoms with Crippen LogP contribution in [0.2, 0.25) is 5.15 Å². The predicted octanol–water partition coefficient (Wildman–Crippen LogP) is 4.11. The van der Waals surface area contributed by atoms with Gasteiger partial charge in [0, 0.05) is 11.1 Å². The summed E-state index contributed by atoms with van der Waals surface area (Å²) in [6.45, 7) is 2.36. The number of hydrogen-bond acceptors (Lipinski definition) is 6. The van der Waals surface area contributed by atoms with Gasteiger partial charge in [-0.05, 0) is 26.0 Å². The Labute approximate surface area is 145 Å². The number of nitrogens with zero attached hydrogens (tertiary/aromatic N) is 3. The highest BCUT2D eigenvalue weighted by Gasteiger charge is 2.27. The van der Waals surface area contributed by atoms with Crippen molar-refractivity contribution >= 4 is 34.3 Å². The van der Waals surface area contributed by atoms with Gasteiger partial charge in [-0.2, -0.15) is 18.2 Å². The van der Waals surface area contributed by atoms with Crippen molar-refractivity contribution in [2.24, 2.45) is 0 Å². The van der Waals surface area contributed by atoms with E-state index in [1.165, 1.54) is 0 Å². The third-order valence-corrected chi connectivity index (χ3v) is 3.66. The molecule has 0 saturated carbocycles. The summed E-state index contributed by atoms with van der Waals surface area (Å²) in [5.74, 6) is -0.0881. The number of nitrogens with two attached hydrogens (primary N) is 1. The number of anilines is 2. The van der Waals surface area contributed by atoms with Crippen molar-refractivity contribution in [1.29, 1.82) is 0 Å². The number of nitrogen functional groups attached to an aromatic ring is 1. The van der Waals surface area contributed by atoms with Gasteiger partial charge in [0.05, 0.1) is 11.3 Å². The fourth-order valence-electron chi connectivity index (χ4n) is 2.43. The van der Waals surface area contributed by atoms with Gasteiger partial charge in [-0.25, -0.2) is 4.98 Å². The summed E-state index contributed by atoms with van der Waals surface area (Å²) >= 11 is 6.09. The lowest BCUT2D eigenvalue weighted by molar-refractivity contribution is -0.115. The van der Waals surface area contributed by atoms with Crippen LogP contribution in [-0.4, -0.2) is 27.7 Å². The molecule has 0 aliphatic carbocycles. The number of rotatable bonds is 3. The highest BCUT2D eigenvalue weighted by Crippen LogP contribution is 2.36. The molecule has 0 radical (unpaired) electrons. The van der Waals surface area contributed by atoms with Crippen molar-refractivity contribution in [3.05, 3.63) is 28.7 Å². The van der Waals surface area contributed by atoms with Gasteiger partial charge in [-0.15, -0.1) is 0 Å². The number of nitrogens with one attached hydrogen (secondary N) is 1. The highest BCUT2D eigenvalue weighted by molar-refractivity contribution is 6.32. The summed E-state index contributed by atoms with van der Waals surface area (Å²) in [5.41, 5.74) is 8.14. The van der Waals surface area contributed by atoms with Crippen molar-refractivity contribution in [1.82, 2.24) is 15.0 Å². The zero-order valence-corrected chi connectivity index (χ0v) is 14.0. The molecule has 0 aliphatic rings. The smallest absolute Gasteiger partial charge is 0.405 e. The van der Waals surface area contributed by atoms with Gasteiger partial charge in [0.2, 0.25) is 5.95 Å². The van der Waals surface area contributed by atoms with E-state index < -0.39 is 12.7 Å². The van der Waals surface area contributed by atoms with Crippen LogP contribution in [0, 0.1) is 13.8 Å². The molecule has 0 atom stereocenters. The van der Waals surface area contributed by atoms with E-state index in [1.807, 2.05) is 18.3 Å². The van der Waals surface area contributed by atoms with E-state index in [4.69, 9.17) is 21.8 Å². The minimum atomic E-state index is -4.41. The number of alkyl halides is 3. The minimum Gasteiger partial charge on any atom is -0.454 e. The second-order valence-electron chi connectivity index (χ2n) is 5.45. The van der Waals surface area contributed by atoms with Gasteiger partial charge in [-0.1, -0.05) is 11.6 Å². The van der Waals surface area contributed by atoms with E-state index in [9.17, 15) is 13.2 Å². The molecule has 0 aliphatic heterocycles. The van der Waals surface area contributed by atoms with Crippen LogP contribution < -0.4 is 11.1 Å². The standard InChI is InChI=1S/C15H13ClF3N5O/c1-6-3-8-4-9(25-11(8)7(2)22-6)10-12(16)23-14(24-13(10)20)21-5-15(17,18)19/h3-4H,5H2,1-2H3,(H3,20,21,23,24). The summed E-state index contributed by atoms with van der Waals surface area (Å²) in [6.07, 6.45) is -4.41. The summed E-state index contributed by atoms with van der Waals surface area (Å²) < 4.78 is 42.6. The first-order chi connectivity index (χ1) is 11.6. The average Bonchev–Trinajstić information content (AvgIpc) is 2.87. The Morgan fingerprint density at radius 1 is 1.20 bits per heavy atom. The van der Waals surface area contributed by atoms with E-state index in [1.54, 1.807) is 13.0 Å². The number of aryl methyl sites for hydroxylation is 2. The third kappa shape index (κ3) is 3.60. The minimum absolute atomic E-state index is 0.0916. The topological polar surface area (TPSA) is 89.9 Å². The first-order valence-electron chi connectivity index (χ1n) is 7.16. The van der Waals surface area contributed by atoms with Crippen LogP contribution in [0.1, 0.15) is 11.4 Å². The van der Waals surface area contributed by atoms with Crippen LogP contribution in [0.3, 0.4) is 0 Å². The van der Waals surface area contributed by atoms with E-state index in [2.05, 4.69) is 15.0 Å². The summed E-state index contributed by atoms with van der Waals surface area (Å²) in [5, 5.41) is 2.72. The average molecular weight is 372 g/mol. The number of halogens is 4. The van der Waals surface area contributed by atoms with E-state index in [0.717, 1.165) is 11.1 Å². The Kier molecular flexibility index (Phi) is 4.19. The van der Waals surface area contributed by atoms with Crippen molar-refractivity contribution in [2.75, 3.05) is 17.6 Å². The third-order valence-electron chi connectivity index (χ3n) is 3.38. The Hall–Kier alpha value is -2.55. The number of furan rings is 1. The van der Waals surface area contributed by atoms with E-state index >= 15 is 0 Å². The van der Waals surface area contributed by atoms with Crippen molar-refractivity contribution < 1.29 is 17.6 Å². The molecule has 0 fully saturated rings. The zero-order valence-electron chi connectivity index (χ0n) is 13.2. The van der Waals surface area contributed by atoms with Crippen LogP contribution in [0.25, 0.3) is 22.3 Å². The van der Waals surface area contributed by atoms with Crippen molar-refractivity contribution in [2.45, 2.75) is 20.0 Å². The Balaban J connectivity index is 2.02. The maximum Gasteiger partial charge on any atom is 0.405 e. The predicted molar refractivity (Wildman–Crippen MR) is 88.5 cm³/mol. The maximum atomic E-state index is 12.3. The number of pyridine rings is 1. The lowest BCUT2D eigenvalue weighted by Crippen LogP contribution is -2.22. The first kappa shape index (κ1) is 17.3. The summed E-state index contributed by atoms with van der Waals surface area (Å²) in [4.78, 5) is 11.9. The molecule has 132 valence electrons. The molecule has 25 heavy (non-hydrogen) atoms. The Bertz CT molecular complexity index is 931. The van der Waals surface area contributed by atoms with Gasteiger partial charge in [-0.3, -0.25) is 4.98 Å². The SMILES string of the molecule is Cc1cc2cc(-c3c(N)nc(NCC(F)(F)F)nc3Cl)oc2c(C)n1. The quantitative estimate of drug-likeness (QED) is 0.673. The van der Waals surface area contributed by atoms with Crippen LogP contribution in [-0.2, 0) is 0 Å². The van der Waals surface area contributed by atoms with Gasteiger partial charge in [0.15, 0.2) is 5.58 Å². The second-order valence-corrected chi connectivity index (χ2v) is 5.80. The molecule has 0 aromatic carbocycles. The van der Waals surface area contributed by atoms with Crippen molar-refractivity contribution in [3.8, 4) is 11.3 Å². The molecule has 6 nitrogen and oxygen atoms in total. The molecule has 3 rings (SSSR count). The summed E-state index contributed by atoms with van der Waals surface area (Å²) in [7, 11) is 0. The fourth-order valence-corrected chi connectivity index (χ4v) is 2.70. The Morgan fingerprint density at radius 2 is 1.92 bits per heavy atom. The van der Waals surface area contributed by atoms with E-state index in [0.29, 0.717) is 17.0 Å². The number of hydrogen-bond donors (Lipinski definition) is 2. The lowest BCUT2D eigenvalue weighted by atomic mass is 10.2. The Morgan fingerprint density at radius 3 is 2.56 bits per heavy atom. The van der Waals surface area contributed by atoms with Crippen LogP contribution in [0.15, 0.2) is 16.5 Å². The molecule has 0 spiro atoms. The normalized spacial score (nSPS) is 11.9. The van der Waals surface area contributed by atoms with Crippen LogP contribution in [0.5, 0.6) is 0 Å². The molecular weight excluding hydrogens is 359 g/mol. The molecule has 3 N–H and O–H groups in total. The molecule has 3 heterocycles. The molecule has 3 aromatic rings. The second kappa shape index (κ2) is 6.07. The molecule has 3 aromatic heterocycles. The molecule has 0 amide bonds. The van der Waals surface area contributed by atoms with Crippen LogP contribution in [0.4, 0.5) is 24.9 Å². The molecular formula is C15H13ClF3N5O. The number of fused-ring (bicyclic) bond motifs is 1. The monoisotopic (exact) mass is 371 g/mol. The van der Waals surface area contributed by atoms with Gasteiger partial charge in [0.25, 0.3) is 0 Å². The first-order valence-corrected chi connectivity index (χ1v) is 7.53. The van der Waals surface area contributed by atoms with Gasteiger partial charge < -0.3 is 15.5 Å². The molecule has 0 saturated heterocycles. The fraction of sp³-hybridized carbons (Fsp3) is 0.267. The van der Waals surface area contributed by atoms with Gasteiger partial charge >= 0.3 is 6.18 Å². The maximum absolute atomic E-state index is 12.3. The zero-order chi connectivity index (χ0) is 18.4. The largest absolute Gasteiger partial charge is 0.454 e. The molecule has 0 unspecified atom stereocenters.